The highest BCUT2D eigenvalue weighted by Crippen LogP contribution is 2.20. The minimum absolute atomic E-state index is 0.174. The van der Waals surface area contributed by atoms with E-state index in [4.69, 9.17) is 9.47 Å². The van der Waals surface area contributed by atoms with Gasteiger partial charge in [-0.15, -0.1) is 0 Å². The smallest absolute Gasteiger partial charge is 0.141 e. The van der Waals surface area contributed by atoms with Crippen molar-refractivity contribution in [2.24, 2.45) is 0 Å². The van der Waals surface area contributed by atoms with Crippen molar-refractivity contribution in [1.82, 2.24) is 10.3 Å². The Morgan fingerprint density at radius 2 is 2.20 bits per heavy atom. The molecule has 0 amide bonds. The topological polar surface area (TPSA) is 43.4 Å². The van der Waals surface area contributed by atoms with Gasteiger partial charge < -0.3 is 14.8 Å². The maximum atomic E-state index is 5.76. The lowest BCUT2D eigenvalue weighted by atomic mass is 10.0. The van der Waals surface area contributed by atoms with E-state index in [-0.39, 0.29) is 6.10 Å². The average Bonchev–Trinajstić information content (AvgIpc) is 2.15. The molecule has 1 aromatic heterocycles. The Balaban J connectivity index is 1.96. The van der Waals surface area contributed by atoms with Crippen molar-refractivity contribution in [3.8, 4) is 11.5 Å². The van der Waals surface area contributed by atoms with Crippen molar-refractivity contribution in [2.45, 2.75) is 25.5 Å². The van der Waals surface area contributed by atoms with E-state index in [9.17, 15) is 0 Å². The molecule has 1 unspecified atom stereocenters. The Labute approximate surface area is 89.6 Å². The van der Waals surface area contributed by atoms with Gasteiger partial charge in [0.25, 0.3) is 0 Å². The number of rotatable bonds is 4. The van der Waals surface area contributed by atoms with E-state index in [0.717, 1.165) is 18.0 Å². The molecule has 0 spiro atoms. The predicted molar refractivity (Wildman–Crippen MR) is 57.3 cm³/mol. The number of methoxy groups -OCH3 is 1. The monoisotopic (exact) mass is 208 g/mol. The molecular formula is C11H16N2O2. The van der Waals surface area contributed by atoms with Crippen molar-refractivity contribution < 1.29 is 9.47 Å². The van der Waals surface area contributed by atoms with E-state index in [0.29, 0.717) is 6.04 Å². The minimum atomic E-state index is 0.174. The van der Waals surface area contributed by atoms with Crippen LogP contribution in [0.1, 0.15) is 13.3 Å². The average molecular weight is 208 g/mol. The lowest BCUT2D eigenvalue weighted by Gasteiger charge is -2.33. The van der Waals surface area contributed by atoms with Gasteiger partial charge in [-0.25, -0.2) is 0 Å². The summed E-state index contributed by atoms with van der Waals surface area (Å²) in [6.45, 7) is 3.16. The van der Waals surface area contributed by atoms with Gasteiger partial charge in [-0.2, -0.15) is 0 Å². The molecule has 15 heavy (non-hydrogen) atoms. The molecule has 82 valence electrons. The van der Waals surface area contributed by atoms with Crippen LogP contribution < -0.4 is 14.8 Å². The van der Waals surface area contributed by atoms with Gasteiger partial charge >= 0.3 is 0 Å². The Kier molecular flexibility index (Phi) is 3.06. The number of pyridine rings is 1. The number of hydrogen-bond donors (Lipinski definition) is 1. The first-order valence-electron chi connectivity index (χ1n) is 5.18. The van der Waals surface area contributed by atoms with Gasteiger partial charge in [0.15, 0.2) is 0 Å². The molecular weight excluding hydrogens is 192 g/mol. The highest BCUT2D eigenvalue weighted by Gasteiger charge is 2.24. The van der Waals surface area contributed by atoms with E-state index in [1.54, 1.807) is 19.5 Å². The fourth-order valence-corrected chi connectivity index (χ4v) is 1.58. The van der Waals surface area contributed by atoms with E-state index in [1.165, 1.54) is 6.42 Å². The normalized spacial score (nSPS) is 21.6. The molecule has 1 fully saturated rings. The van der Waals surface area contributed by atoms with E-state index in [2.05, 4.69) is 17.2 Å². The van der Waals surface area contributed by atoms with Gasteiger partial charge in [0.1, 0.15) is 17.6 Å². The summed E-state index contributed by atoms with van der Waals surface area (Å²) in [6.07, 6.45) is 4.72. The van der Waals surface area contributed by atoms with Crippen LogP contribution in [0.25, 0.3) is 0 Å². The Bertz CT molecular complexity index is 326. The second-order valence-corrected chi connectivity index (χ2v) is 3.73. The van der Waals surface area contributed by atoms with Crippen LogP contribution in [0.2, 0.25) is 0 Å². The van der Waals surface area contributed by atoms with Crippen molar-refractivity contribution in [2.75, 3.05) is 13.7 Å². The number of nitrogens with zero attached hydrogens (tertiary/aromatic N) is 1. The van der Waals surface area contributed by atoms with Crippen molar-refractivity contribution in [3.05, 3.63) is 18.5 Å². The summed E-state index contributed by atoms with van der Waals surface area (Å²) in [7, 11) is 1.62. The molecule has 0 radical (unpaired) electrons. The summed E-state index contributed by atoms with van der Waals surface area (Å²) >= 11 is 0. The second kappa shape index (κ2) is 4.49. The third-order valence-corrected chi connectivity index (χ3v) is 2.67. The molecule has 2 rings (SSSR count). The lowest BCUT2D eigenvalue weighted by Crippen LogP contribution is -2.51. The molecule has 0 aliphatic carbocycles. The molecule has 0 saturated carbocycles. The predicted octanol–water partition coefficient (Wildman–Crippen LogP) is 1.22. The number of aromatic nitrogens is 1. The molecule has 1 aliphatic heterocycles. The first kappa shape index (κ1) is 10.2. The first-order valence-corrected chi connectivity index (χ1v) is 5.18. The summed E-state index contributed by atoms with van der Waals surface area (Å²) in [6, 6.07) is 2.32. The van der Waals surface area contributed by atoms with Crippen LogP contribution in [-0.2, 0) is 0 Å². The molecule has 1 saturated heterocycles. The maximum Gasteiger partial charge on any atom is 0.141 e. The number of nitrogens with one attached hydrogen (secondary N) is 1. The zero-order valence-corrected chi connectivity index (χ0v) is 9.06. The maximum absolute atomic E-state index is 5.76. The summed E-state index contributed by atoms with van der Waals surface area (Å²) in [5.74, 6) is 1.48. The summed E-state index contributed by atoms with van der Waals surface area (Å²) in [5.41, 5.74) is 0. The van der Waals surface area contributed by atoms with Crippen molar-refractivity contribution >= 4 is 0 Å². The van der Waals surface area contributed by atoms with E-state index in [1.807, 2.05) is 6.07 Å². The van der Waals surface area contributed by atoms with Crippen LogP contribution in [0.4, 0.5) is 0 Å². The molecule has 2 heterocycles. The fraction of sp³-hybridized carbons (Fsp3) is 0.545. The summed E-state index contributed by atoms with van der Waals surface area (Å²) < 4.78 is 10.8. The largest absolute Gasteiger partial charge is 0.495 e. The highest BCUT2D eigenvalue weighted by atomic mass is 16.5. The summed E-state index contributed by atoms with van der Waals surface area (Å²) in [5, 5.41) is 3.32. The van der Waals surface area contributed by atoms with Gasteiger partial charge in [0.05, 0.1) is 19.5 Å². The fourth-order valence-electron chi connectivity index (χ4n) is 1.58. The Morgan fingerprint density at radius 1 is 1.47 bits per heavy atom. The third kappa shape index (κ3) is 2.39. The third-order valence-electron chi connectivity index (χ3n) is 2.67. The highest BCUT2D eigenvalue weighted by molar-refractivity contribution is 5.28. The summed E-state index contributed by atoms with van der Waals surface area (Å²) in [4.78, 5) is 4.04. The Morgan fingerprint density at radius 3 is 2.80 bits per heavy atom. The van der Waals surface area contributed by atoms with Crippen LogP contribution in [-0.4, -0.2) is 30.8 Å². The zero-order valence-electron chi connectivity index (χ0n) is 9.06. The van der Waals surface area contributed by atoms with Gasteiger partial charge in [-0.05, 0) is 19.9 Å². The lowest BCUT2D eigenvalue weighted by molar-refractivity contribution is 0.133. The molecule has 4 nitrogen and oxygen atoms in total. The van der Waals surface area contributed by atoms with Crippen LogP contribution in [0.3, 0.4) is 0 Å². The van der Waals surface area contributed by atoms with Crippen LogP contribution in [0.5, 0.6) is 11.5 Å². The van der Waals surface area contributed by atoms with Gasteiger partial charge in [-0.3, -0.25) is 4.98 Å². The van der Waals surface area contributed by atoms with Crippen molar-refractivity contribution in [1.29, 1.82) is 0 Å². The number of ether oxygens (including phenoxy) is 2. The number of hydrogen-bond acceptors (Lipinski definition) is 4. The van der Waals surface area contributed by atoms with E-state index < -0.39 is 0 Å². The molecule has 1 N–H and O–H groups in total. The van der Waals surface area contributed by atoms with Crippen LogP contribution in [0, 0.1) is 0 Å². The zero-order chi connectivity index (χ0) is 10.7. The first-order chi connectivity index (χ1) is 7.29. The van der Waals surface area contributed by atoms with E-state index >= 15 is 0 Å². The van der Waals surface area contributed by atoms with Gasteiger partial charge in [-0.1, -0.05) is 0 Å². The van der Waals surface area contributed by atoms with Gasteiger partial charge in [0, 0.05) is 12.1 Å². The standard InChI is InChI=1S/C11H16N2O2/c1-8(11-3-4-13-11)15-10-5-9(14-2)6-12-7-10/h5-8,11,13H,3-4H2,1-2H3/t8?,11-/m0/s1. The molecule has 4 heteroatoms. The molecule has 0 aromatic carbocycles. The second-order valence-electron chi connectivity index (χ2n) is 3.73. The van der Waals surface area contributed by atoms with Crippen molar-refractivity contribution in [3.63, 3.8) is 0 Å². The molecule has 1 aliphatic rings. The van der Waals surface area contributed by atoms with Gasteiger partial charge in [0.2, 0.25) is 0 Å². The minimum Gasteiger partial charge on any atom is -0.495 e. The quantitative estimate of drug-likeness (QED) is 0.808. The molecule has 1 aromatic rings. The SMILES string of the molecule is COc1cncc(OC(C)[C@@H]2CCN2)c1. The molecule has 2 atom stereocenters. The van der Waals surface area contributed by atoms with Crippen LogP contribution in [0.15, 0.2) is 18.5 Å². The Hall–Kier alpha value is -1.29. The van der Waals surface area contributed by atoms with Crippen LogP contribution >= 0.6 is 0 Å². The molecule has 0 bridgehead atoms.